The van der Waals surface area contributed by atoms with Crippen LogP contribution >= 0.6 is 0 Å². The molecule has 0 saturated carbocycles. The second kappa shape index (κ2) is 7.79. The maximum atomic E-state index is 9.62. The van der Waals surface area contributed by atoms with Crippen molar-refractivity contribution in [3.63, 3.8) is 0 Å². The quantitative estimate of drug-likeness (QED) is 0.837. The predicted molar refractivity (Wildman–Crippen MR) is 91.9 cm³/mol. The van der Waals surface area contributed by atoms with Crippen LogP contribution in [0.3, 0.4) is 0 Å². The van der Waals surface area contributed by atoms with Crippen LogP contribution in [0.5, 0.6) is 5.75 Å². The molecule has 6 nitrogen and oxygen atoms in total. The van der Waals surface area contributed by atoms with E-state index in [1.54, 1.807) is 12.4 Å². The summed E-state index contributed by atoms with van der Waals surface area (Å²) < 4.78 is 7.90. The van der Waals surface area contributed by atoms with Crippen LogP contribution in [0.1, 0.15) is 12.8 Å². The summed E-state index contributed by atoms with van der Waals surface area (Å²) in [6.07, 6.45) is 5.11. The van der Waals surface area contributed by atoms with Crippen LogP contribution < -0.4 is 4.74 Å². The lowest BCUT2D eigenvalue weighted by Gasteiger charge is -2.29. The SMILES string of the molecule is CN1CCC(Oc2ccc(-c3nccn3CC(O)CO)cc2)CC1. The summed E-state index contributed by atoms with van der Waals surface area (Å²) in [6, 6.07) is 7.90. The zero-order valence-corrected chi connectivity index (χ0v) is 14.0. The molecule has 6 heteroatoms. The van der Waals surface area contributed by atoms with Crippen molar-refractivity contribution in [2.45, 2.75) is 31.6 Å². The summed E-state index contributed by atoms with van der Waals surface area (Å²) in [7, 11) is 2.14. The van der Waals surface area contributed by atoms with Gasteiger partial charge in [-0.15, -0.1) is 0 Å². The van der Waals surface area contributed by atoms with Crippen LogP contribution in [-0.4, -0.2) is 63.6 Å². The first-order chi connectivity index (χ1) is 11.7. The zero-order valence-electron chi connectivity index (χ0n) is 14.0. The Balaban J connectivity index is 1.65. The number of piperidine rings is 1. The van der Waals surface area contributed by atoms with Gasteiger partial charge in [-0.2, -0.15) is 0 Å². The van der Waals surface area contributed by atoms with Crippen molar-refractivity contribution in [2.75, 3.05) is 26.7 Å². The lowest BCUT2D eigenvalue weighted by molar-refractivity contribution is 0.0816. The number of rotatable bonds is 6. The molecule has 0 amide bonds. The van der Waals surface area contributed by atoms with Crippen LogP contribution in [0, 0.1) is 0 Å². The van der Waals surface area contributed by atoms with Crippen molar-refractivity contribution in [1.29, 1.82) is 0 Å². The Kier molecular flexibility index (Phi) is 5.50. The third kappa shape index (κ3) is 4.14. The first-order valence-electron chi connectivity index (χ1n) is 8.41. The van der Waals surface area contributed by atoms with Crippen molar-refractivity contribution in [3.05, 3.63) is 36.7 Å². The van der Waals surface area contributed by atoms with Crippen molar-refractivity contribution < 1.29 is 14.9 Å². The standard InChI is InChI=1S/C18H25N3O3/c1-20-9-6-17(7-10-20)24-16-4-2-14(3-5-16)18-19-8-11-21(18)12-15(23)13-22/h2-5,8,11,15,17,22-23H,6-7,9-10,12-13H2,1H3. The number of benzene rings is 1. The molecule has 2 heterocycles. The van der Waals surface area contributed by atoms with Crippen LogP contribution in [0.4, 0.5) is 0 Å². The molecule has 1 unspecified atom stereocenters. The molecule has 1 atom stereocenters. The molecule has 1 aliphatic heterocycles. The van der Waals surface area contributed by atoms with E-state index in [4.69, 9.17) is 9.84 Å². The van der Waals surface area contributed by atoms with E-state index in [1.807, 2.05) is 28.8 Å². The molecular formula is C18H25N3O3. The number of aromatic nitrogens is 2. The molecule has 0 aliphatic carbocycles. The molecule has 24 heavy (non-hydrogen) atoms. The summed E-state index contributed by atoms with van der Waals surface area (Å²) in [5, 5.41) is 18.6. The van der Waals surface area contributed by atoms with Gasteiger partial charge in [0, 0.05) is 31.0 Å². The maximum absolute atomic E-state index is 9.62. The highest BCUT2D eigenvalue weighted by atomic mass is 16.5. The van der Waals surface area contributed by atoms with E-state index in [0.717, 1.165) is 43.1 Å². The van der Waals surface area contributed by atoms with Crippen molar-refractivity contribution >= 4 is 0 Å². The molecule has 0 bridgehead atoms. The number of aliphatic hydroxyl groups is 2. The number of nitrogens with zero attached hydrogens (tertiary/aromatic N) is 3. The number of aliphatic hydroxyl groups excluding tert-OH is 2. The van der Waals surface area contributed by atoms with Gasteiger partial charge < -0.3 is 24.4 Å². The Bertz CT molecular complexity index is 633. The monoisotopic (exact) mass is 331 g/mol. The maximum Gasteiger partial charge on any atom is 0.139 e. The summed E-state index contributed by atoms with van der Waals surface area (Å²) in [4.78, 5) is 6.67. The van der Waals surface area contributed by atoms with E-state index in [0.29, 0.717) is 6.54 Å². The van der Waals surface area contributed by atoms with Crippen LogP contribution in [0.2, 0.25) is 0 Å². The van der Waals surface area contributed by atoms with E-state index < -0.39 is 6.10 Å². The van der Waals surface area contributed by atoms with Crippen LogP contribution in [0.25, 0.3) is 11.4 Å². The van der Waals surface area contributed by atoms with E-state index in [2.05, 4.69) is 16.9 Å². The van der Waals surface area contributed by atoms with E-state index in [9.17, 15) is 5.11 Å². The number of ether oxygens (including phenoxy) is 1. The van der Waals surface area contributed by atoms with E-state index in [-0.39, 0.29) is 12.7 Å². The molecular weight excluding hydrogens is 306 g/mol. The van der Waals surface area contributed by atoms with Gasteiger partial charge in [0.25, 0.3) is 0 Å². The molecule has 0 radical (unpaired) electrons. The van der Waals surface area contributed by atoms with Gasteiger partial charge in [-0.1, -0.05) is 0 Å². The number of likely N-dealkylation sites (tertiary alicyclic amines) is 1. The van der Waals surface area contributed by atoms with Gasteiger partial charge in [0.05, 0.1) is 19.3 Å². The first-order valence-corrected chi connectivity index (χ1v) is 8.41. The molecule has 1 saturated heterocycles. The van der Waals surface area contributed by atoms with Gasteiger partial charge in [-0.3, -0.25) is 0 Å². The Morgan fingerprint density at radius 2 is 1.96 bits per heavy atom. The summed E-state index contributed by atoms with van der Waals surface area (Å²) in [5.74, 6) is 1.65. The first kappa shape index (κ1) is 17.0. The Morgan fingerprint density at radius 1 is 1.25 bits per heavy atom. The van der Waals surface area contributed by atoms with Gasteiger partial charge >= 0.3 is 0 Å². The smallest absolute Gasteiger partial charge is 0.139 e. The highest BCUT2D eigenvalue weighted by Gasteiger charge is 2.18. The van der Waals surface area contributed by atoms with Gasteiger partial charge in [0.1, 0.15) is 17.7 Å². The third-order valence-corrected chi connectivity index (χ3v) is 4.41. The normalized spacial score (nSPS) is 17.8. The fourth-order valence-corrected chi connectivity index (χ4v) is 2.98. The molecule has 1 aromatic carbocycles. The highest BCUT2D eigenvalue weighted by molar-refractivity contribution is 5.56. The average Bonchev–Trinajstić information content (AvgIpc) is 3.05. The van der Waals surface area contributed by atoms with Crippen LogP contribution in [0.15, 0.2) is 36.7 Å². The second-order valence-electron chi connectivity index (χ2n) is 6.38. The summed E-state index contributed by atoms with van der Waals surface area (Å²) in [5.41, 5.74) is 0.959. The largest absolute Gasteiger partial charge is 0.490 e. The minimum atomic E-state index is -0.787. The van der Waals surface area contributed by atoms with Gasteiger partial charge in [0.2, 0.25) is 0 Å². The molecule has 1 aromatic heterocycles. The van der Waals surface area contributed by atoms with Crippen LogP contribution in [-0.2, 0) is 6.54 Å². The predicted octanol–water partition coefficient (Wildman–Crippen LogP) is 1.38. The average molecular weight is 331 g/mol. The summed E-state index contributed by atoms with van der Waals surface area (Å²) in [6.45, 7) is 2.21. The lowest BCUT2D eigenvalue weighted by atomic mass is 10.1. The van der Waals surface area contributed by atoms with Gasteiger partial charge in [0.15, 0.2) is 0 Å². The number of imidazole rings is 1. The van der Waals surface area contributed by atoms with Gasteiger partial charge in [-0.05, 0) is 44.2 Å². The second-order valence-corrected chi connectivity index (χ2v) is 6.38. The fourth-order valence-electron chi connectivity index (χ4n) is 2.98. The molecule has 1 fully saturated rings. The molecule has 2 aromatic rings. The zero-order chi connectivity index (χ0) is 16.9. The lowest BCUT2D eigenvalue weighted by Crippen LogP contribution is -2.35. The van der Waals surface area contributed by atoms with Crippen molar-refractivity contribution in [3.8, 4) is 17.1 Å². The van der Waals surface area contributed by atoms with Crippen molar-refractivity contribution in [2.24, 2.45) is 0 Å². The topological polar surface area (TPSA) is 70.8 Å². The van der Waals surface area contributed by atoms with Crippen molar-refractivity contribution in [1.82, 2.24) is 14.5 Å². The Morgan fingerprint density at radius 3 is 2.62 bits per heavy atom. The molecule has 0 spiro atoms. The minimum Gasteiger partial charge on any atom is -0.490 e. The molecule has 2 N–H and O–H groups in total. The van der Waals surface area contributed by atoms with Gasteiger partial charge in [-0.25, -0.2) is 4.98 Å². The highest BCUT2D eigenvalue weighted by Crippen LogP contribution is 2.23. The minimum absolute atomic E-state index is 0.263. The van der Waals surface area contributed by atoms with E-state index >= 15 is 0 Å². The number of hydrogen-bond donors (Lipinski definition) is 2. The summed E-state index contributed by atoms with van der Waals surface area (Å²) >= 11 is 0. The number of hydrogen-bond acceptors (Lipinski definition) is 5. The molecule has 1 aliphatic rings. The van der Waals surface area contributed by atoms with E-state index in [1.165, 1.54) is 0 Å². The fraction of sp³-hybridized carbons (Fsp3) is 0.500. The molecule has 3 rings (SSSR count). The Hall–Kier alpha value is -1.89. The third-order valence-electron chi connectivity index (χ3n) is 4.41. The Labute approximate surface area is 142 Å². The molecule has 130 valence electrons.